The number of carboxylic acid groups (broad SMARTS) is 3. The van der Waals surface area contributed by atoms with Gasteiger partial charge in [0, 0.05) is 24.7 Å². The van der Waals surface area contributed by atoms with Crippen LogP contribution < -0.4 is 21.7 Å². The number of nitrogens with two attached hydrogens (primary N) is 1. The molecule has 3 amide bonds. The molecule has 0 saturated carbocycles. The molecule has 0 aromatic carbocycles. The highest BCUT2D eigenvalue weighted by molar-refractivity contribution is 5.95. The summed E-state index contributed by atoms with van der Waals surface area (Å²) in [7, 11) is 0. The van der Waals surface area contributed by atoms with Crippen molar-refractivity contribution in [1.82, 2.24) is 25.9 Å². The third kappa shape index (κ3) is 10.2. The van der Waals surface area contributed by atoms with Gasteiger partial charge in [0.05, 0.1) is 18.8 Å². The molecule has 4 unspecified atom stereocenters. The lowest BCUT2D eigenvalue weighted by molar-refractivity contribution is -0.147. The van der Waals surface area contributed by atoms with E-state index < -0.39 is 72.1 Å². The van der Waals surface area contributed by atoms with Gasteiger partial charge in [-0.05, 0) is 12.3 Å². The molecular formula is C20H30N6O9. The largest absolute Gasteiger partial charge is 0.481 e. The maximum absolute atomic E-state index is 13.0. The van der Waals surface area contributed by atoms with E-state index in [1.54, 1.807) is 13.8 Å². The second-order valence-electron chi connectivity index (χ2n) is 8.11. The summed E-state index contributed by atoms with van der Waals surface area (Å²) in [5.41, 5.74) is 6.10. The van der Waals surface area contributed by atoms with E-state index in [9.17, 15) is 33.9 Å². The smallest absolute Gasteiger partial charge is 0.326 e. The van der Waals surface area contributed by atoms with Crippen LogP contribution in [-0.2, 0) is 35.2 Å². The van der Waals surface area contributed by atoms with Gasteiger partial charge in [-0.3, -0.25) is 24.0 Å². The number of H-pyrrole nitrogens is 1. The summed E-state index contributed by atoms with van der Waals surface area (Å²) in [5, 5.41) is 33.8. The Balaban J connectivity index is 3.01. The van der Waals surface area contributed by atoms with Gasteiger partial charge in [-0.25, -0.2) is 9.78 Å². The Kier molecular flexibility index (Phi) is 11.3. The van der Waals surface area contributed by atoms with Crippen molar-refractivity contribution >= 4 is 35.6 Å². The molecule has 0 aliphatic heterocycles. The first kappa shape index (κ1) is 29.0. The number of carbonyl (C=O) groups excluding carboxylic acids is 3. The third-order valence-electron chi connectivity index (χ3n) is 4.86. The number of aliphatic carboxylic acids is 3. The highest BCUT2D eigenvalue weighted by atomic mass is 16.4. The van der Waals surface area contributed by atoms with Crippen LogP contribution in [-0.4, -0.2) is 85.1 Å². The van der Waals surface area contributed by atoms with E-state index in [-0.39, 0.29) is 19.3 Å². The number of nitrogens with zero attached hydrogens (tertiary/aromatic N) is 1. The van der Waals surface area contributed by atoms with Gasteiger partial charge in [-0.2, -0.15) is 0 Å². The maximum Gasteiger partial charge on any atom is 0.326 e. The molecule has 1 heterocycles. The number of imidazole rings is 1. The molecule has 35 heavy (non-hydrogen) atoms. The minimum atomic E-state index is -1.74. The van der Waals surface area contributed by atoms with Crippen LogP contribution in [0.25, 0.3) is 0 Å². The van der Waals surface area contributed by atoms with E-state index in [0.29, 0.717) is 5.69 Å². The van der Waals surface area contributed by atoms with Crippen molar-refractivity contribution in [2.75, 3.05) is 0 Å². The first-order valence-electron chi connectivity index (χ1n) is 10.6. The molecule has 194 valence electrons. The van der Waals surface area contributed by atoms with E-state index >= 15 is 0 Å². The van der Waals surface area contributed by atoms with Crippen LogP contribution in [0.3, 0.4) is 0 Å². The van der Waals surface area contributed by atoms with Crippen LogP contribution in [0.15, 0.2) is 12.5 Å². The minimum Gasteiger partial charge on any atom is -0.481 e. The molecule has 0 aliphatic carbocycles. The lowest BCUT2D eigenvalue weighted by Crippen LogP contribution is -2.59. The van der Waals surface area contributed by atoms with Gasteiger partial charge in [0.2, 0.25) is 17.7 Å². The van der Waals surface area contributed by atoms with Gasteiger partial charge in [-0.1, -0.05) is 13.8 Å². The molecule has 15 nitrogen and oxygen atoms in total. The van der Waals surface area contributed by atoms with Gasteiger partial charge in [0.25, 0.3) is 0 Å². The zero-order valence-electron chi connectivity index (χ0n) is 19.2. The van der Waals surface area contributed by atoms with E-state index in [1.165, 1.54) is 12.5 Å². The molecule has 0 fully saturated rings. The molecule has 15 heteroatoms. The average molecular weight is 498 g/mol. The Morgan fingerprint density at radius 3 is 2.06 bits per heavy atom. The first-order chi connectivity index (χ1) is 16.3. The Bertz CT molecular complexity index is 918. The predicted octanol–water partition coefficient (Wildman–Crippen LogP) is -2.19. The highest BCUT2D eigenvalue weighted by Gasteiger charge is 2.32. The average Bonchev–Trinajstić information content (AvgIpc) is 3.26. The molecule has 4 atom stereocenters. The van der Waals surface area contributed by atoms with Crippen LogP contribution in [0.1, 0.15) is 38.8 Å². The summed E-state index contributed by atoms with van der Waals surface area (Å²) in [6.45, 7) is 3.23. The van der Waals surface area contributed by atoms with Crippen molar-refractivity contribution in [3.63, 3.8) is 0 Å². The standard InChI is InChI=1S/C20H30N6O9/c1-9(2)16(26-17(31)11(21)3-4-14(27)28)19(33)24-12(5-10-7-22-8-23-10)18(32)25-13(20(34)35)6-15(29)30/h7-9,11-13,16H,3-6,21H2,1-2H3,(H,22,23)(H,24,33)(H,25,32)(H,26,31)(H,27,28)(H,29,30)(H,34,35). The fraction of sp³-hybridized carbons (Fsp3) is 0.550. The Hall–Kier alpha value is -4.01. The van der Waals surface area contributed by atoms with Crippen molar-refractivity contribution < 1.29 is 44.1 Å². The number of amides is 3. The van der Waals surface area contributed by atoms with Crippen LogP contribution in [0, 0.1) is 5.92 Å². The fourth-order valence-electron chi connectivity index (χ4n) is 2.94. The molecule has 0 spiro atoms. The van der Waals surface area contributed by atoms with Gasteiger partial charge in [0.15, 0.2) is 0 Å². The van der Waals surface area contributed by atoms with E-state index in [2.05, 4.69) is 25.9 Å². The second-order valence-corrected chi connectivity index (χ2v) is 8.11. The van der Waals surface area contributed by atoms with Gasteiger partial charge >= 0.3 is 17.9 Å². The monoisotopic (exact) mass is 498 g/mol. The van der Waals surface area contributed by atoms with Crippen LogP contribution >= 0.6 is 0 Å². The topological polar surface area (TPSA) is 254 Å². The van der Waals surface area contributed by atoms with Crippen molar-refractivity contribution in [2.45, 2.75) is 63.7 Å². The molecule has 0 radical (unpaired) electrons. The molecule has 0 saturated heterocycles. The highest BCUT2D eigenvalue weighted by Crippen LogP contribution is 2.07. The number of aromatic amines is 1. The molecule has 0 bridgehead atoms. The number of hydrogen-bond donors (Lipinski definition) is 8. The zero-order valence-corrected chi connectivity index (χ0v) is 19.2. The van der Waals surface area contributed by atoms with E-state index in [4.69, 9.17) is 15.9 Å². The Morgan fingerprint density at radius 1 is 0.943 bits per heavy atom. The predicted molar refractivity (Wildman–Crippen MR) is 118 cm³/mol. The Morgan fingerprint density at radius 2 is 1.57 bits per heavy atom. The lowest BCUT2D eigenvalue weighted by atomic mass is 10.0. The van der Waals surface area contributed by atoms with Crippen molar-refractivity contribution in [3.8, 4) is 0 Å². The zero-order chi connectivity index (χ0) is 26.7. The maximum atomic E-state index is 13.0. The number of nitrogens with one attached hydrogen (secondary N) is 4. The van der Waals surface area contributed by atoms with Crippen LogP contribution in [0.4, 0.5) is 0 Å². The number of hydrogen-bond acceptors (Lipinski definition) is 8. The van der Waals surface area contributed by atoms with Gasteiger partial charge in [0.1, 0.15) is 18.1 Å². The molecule has 9 N–H and O–H groups in total. The van der Waals surface area contributed by atoms with E-state index in [0.717, 1.165) is 0 Å². The molecule has 0 aliphatic rings. The number of carbonyl (C=O) groups is 6. The summed E-state index contributed by atoms with van der Waals surface area (Å²) in [6.07, 6.45) is 1.17. The van der Waals surface area contributed by atoms with Gasteiger partial charge in [-0.15, -0.1) is 0 Å². The number of carboxylic acids is 3. The molecule has 1 aromatic rings. The van der Waals surface area contributed by atoms with E-state index in [1.807, 2.05) is 0 Å². The summed E-state index contributed by atoms with van der Waals surface area (Å²) in [5.74, 6) is -7.15. The molecule has 1 aromatic heterocycles. The van der Waals surface area contributed by atoms with Crippen molar-refractivity contribution in [3.05, 3.63) is 18.2 Å². The second kappa shape index (κ2) is 13.6. The van der Waals surface area contributed by atoms with Crippen molar-refractivity contribution in [2.24, 2.45) is 11.7 Å². The third-order valence-corrected chi connectivity index (χ3v) is 4.86. The molecule has 1 rings (SSSR count). The quantitative estimate of drug-likeness (QED) is 0.129. The Labute approximate surface area is 199 Å². The summed E-state index contributed by atoms with van der Waals surface area (Å²) < 4.78 is 0. The van der Waals surface area contributed by atoms with Crippen LogP contribution in [0.2, 0.25) is 0 Å². The number of rotatable bonds is 15. The molecular weight excluding hydrogens is 468 g/mol. The lowest BCUT2D eigenvalue weighted by Gasteiger charge is -2.26. The first-order valence-corrected chi connectivity index (χ1v) is 10.6. The summed E-state index contributed by atoms with van der Waals surface area (Å²) in [6, 6.07) is -5.44. The van der Waals surface area contributed by atoms with Gasteiger partial charge < -0.3 is 42.0 Å². The van der Waals surface area contributed by atoms with Crippen molar-refractivity contribution in [1.29, 1.82) is 0 Å². The summed E-state index contributed by atoms with van der Waals surface area (Å²) in [4.78, 5) is 77.6. The fourth-order valence-corrected chi connectivity index (χ4v) is 2.94. The SMILES string of the molecule is CC(C)C(NC(=O)C(N)CCC(=O)O)C(=O)NC(Cc1cnc[nH]1)C(=O)NC(CC(=O)O)C(=O)O. The minimum absolute atomic E-state index is 0.145. The van der Waals surface area contributed by atoms with Crippen LogP contribution in [0.5, 0.6) is 0 Å². The number of aromatic nitrogens is 2. The normalized spacial score (nSPS) is 14.3. The summed E-state index contributed by atoms with van der Waals surface area (Å²) >= 11 is 0.